The fourth-order valence-electron chi connectivity index (χ4n) is 2.51. The third kappa shape index (κ3) is 3.42. The summed E-state index contributed by atoms with van der Waals surface area (Å²) in [5, 5.41) is 11.8. The van der Waals surface area contributed by atoms with Gasteiger partial charge in [-0.1, -0.05) is 18.2 Å². The lowest BCUT2D eigenvalue weighted by molar-refractivity contribution is -0.126. The minimum Gasteiger partial charge on any atom is -0.496 e. The van der Waals surface area contributed by atoms with Crippen molar-refractivity contribution in [3.8, 4) is 5.75 Å². The predicted molar refractivity (Wildman–Crippen MR) is 88.3 cm³/mol. The van der Waals surface area contributed by atoms with Gasteiger partial charge in [0.1, 0.15) is 22.8 Å². The van der Waals surface area contributed by atoms with Crippen LogP contribution in [0.15, 0.2) is 34.7 Å². The number of amides is 1. The van der Waals surface area contributed by atoms with Gasteiger partial charge in [0.25, 0.3) is 0 Å². The fourth-order valence-corrected chi connectivity index (χ4v) is 2.51. The molecule has 0 fully saturated rings. The Morgan fingerprint density at radius 3 is 2.54 bits per heavy atom. The van der Waals surface area contributed by atoms with Crippen molar-refractivity contribution >= 4 is 11.9 Å². The monoisotopic (exact) mass is 331 g/mol. The molecule has 1 aromatic heterocycles. The number of carboxylic acid groups (broad SMARTS) is 1. The lowest BCUT2D eigenvalue weighted by atomic mass is 9.83. The van der Waals surface area contributed by atoms with Gasteiger partial charge in [0.15, 0.2) is 0 Å². The molecule has 128 valence electrons. The van der Waals surface area contributed by atoms with Gasteiger partial charge in [-0.15, -0.1) is 0 Å². The number of rotatable bonds is 6. The molecule has 0 aliphatic rings. The molecule has 6 heteroatoms. The first-order valence-corrected chi connectivity index (χ1v) is 7.51. The van der Waals surface area contributed by atoms with Crippen LogP contribution in [0.1, 0.15) is 41.3 Å². The van der Waals surface area contributed by atoms with Crippen LogP contribution in [0.2, 0.25) is 0 Å². The van der Waals surface area contributed by atoms with Crippen LogP contribution >= 0.6 is 0 Å². The molecule has 0 unspecified atom stereocenters. The molecule has 2 rings (SSSR count). The number of aryl methyl sites for hydroxylation is 1. The second kappa shape index (κ2) is 6.78. The van der Waals surface area contributed by atoms with Crippen molar-refractivity contribution in [1.82, 2.24) is 5.32 Å². The number of carbonyl (C=O) groups is 2. The third-order valence-corrected chi connectivity index (χ3v) is 3.97. The van der Waals surface area contributed by atoms with E-state index in [-0.39, 0.29) is 18.0 Å². The summed E-state index contributed by atoms with van der Waals surface area (Å²) in [6.45, 7) is 5.30. The maximum absolute atomic E-state index is 12.6. The standard InChI is InChI=1S/C18H21NO5/c1-11-13(16(20)21)9-12(24-11)10-19-17(22)18(2,3)14-7-5-6-8-15(14)23-4/h5-9H,10H2,1-4H3,(H,19,22)(H,20,21). The zero-order valence-corrected chi connectivity index (χ0v) is 14.2. The molecule has 2 aromatic rings. The highest BCUT2D eigenvalue weighted by molar-refractivity contribution is 5.89. The van der Waals surface area contributed by atoms with Crippen LogP contribution in [0.3, 0.4) is 0 Å². The Balaban J connectivity index is 2.14. The highest BCUT2D eigenvalue weighted by Gasteiger charge is 2.32. The summed E-state index contributed by atoms with van der Waals surface area (Å²) in [4.78, 5) is 23.6. The average Bonchev–Trinajstić information content (AvgIpc) is 2.93. The number of carbonyl (C=O) groups excluding carboxylic acids is 1. The summed E-state index contributed by atoms with van der Waals surface area (Å²) < 4.78 is 10.7. The molecular weight excluding hydrogens is 310 g/mol. The number of nitrogens with one attached hydrogen (secondary N) is 1. The van der Waals surface area contributed by atoms with Gasteiger partial charge in [-0.05, 0) is 32.9 Å². The second-order valence-electron chi connectivity index (χ2n) is 6.00. The number of benzene rings is 1. The zero-order chi connectivity index (χ0) is 17.9. The van der Waals surface area contributed by atoms with Gasteiger partial charge < -0.3 is 19.6 Å². The van der Waals surface area contributed by atoms with Gasteiger partial charge in [-0.2, -0.15) is 0 Å². The number of aromatic carboxylic acids is 1. The van der Waals surface area contributed by atoms with Gasteiger partial charge in [0.05, 0.1) is 19.1 Å². The van der Waals surface area contributed by atoms with Crippen molar-refractivity contribution in [2.24, 2.45) is 0 Å². The lowest BCUT2D eigenvalue weighted by Gasteiger charge is -2.25. The van der Waals surface area contributed by atoms with E-state index in [2.05, 4.69) is 5.32 Å². The Bertz CT molecular complexity index is 761. The third-order valence-electron chi connectivity index (χ3n) is 3.97. The van der Waals surface area contributed by atoms with E-state index in [9.17, 15) is 9.59 Å². The van der Waals surface area contributed by atoms with Crippen molar-refractivity contribution in [2.45, 2.75) is 32.7 Å². The minimum absolute atomic E-state index is 0.100. The topological polar surface area (TPSA) is 88.8 Å². The smallest absolute Gasteiger partial charge is 0.339 e. The van der Waals surface area contributed by atoms with Gasteiger partial charge >= 0.3 is 5.97 Å². The molecule has 24 heavy (non-hydrogen) atoms. The largest absolute Gasteiger partial charge is 0.496 e. The molecule has 0 aliphatic carbocycles. The normalized spacial score (nSPS) is 11.2. The summed E-state index contributed by atoms with van der Waals surface area (Å²) >= 11 is 0. The number of para-hydroxylation sites is 1. The molecule has 1 amide bonds. The molecule has 0 saturated heterocycles. The SMILES string of the molecule is COc1ccccc1C(C)(C)C(=O)NCc1cc(C(=O)O)c(C)o1. The van der Waals surface area contributed by atoms with E-state index < -0.39 is 11.4 Å². The molecule has 0 atom stereocenters. The predicted octanol–water partition coefficient (Wildman–Crippen LogP) is 2.89. The summed E-state index contributed by atoms with van der Waals surface area (Å²) in [6.07, 6.45) is 0. The molecule has 0 aliphatic heterocycles. The summed E-state index contributed by atoms with van der Waals surface area (Å²) in [5.74, 6) is 0.0885. The maximum Gasteiger partial charge on any atom is 0.339 e. The number of hydrogen-bond donors (Lipinski definition) is 2. The van der Waals surface area contributed by atoms with E-state index in [1.54, 1.807) is 33.9 Å². The first-order valence-electron chi connectivity index (χ1n) is 7.51. The van der Waals surface area contributed by atoms with Gasteiger partial charge in [0.2, 0.25) is 5.91 Å². The average molecular weight is 331 g/mol. The van der Waals surface area contributed by atoms with Crippen LogP contribution in [0.5, 0.6) is 5.75 Å². The Morgan fingerprint density at radius 1 is 1.29 bits per heavy atom. The van der Waals surface area contributed by atoms with E-state index in [1.165, 1.54) is 6.07 Å². The molecule has 2 N–H and O–H groups in total. The number of hydrogen-bond acceptors (Lipinski definition) is 4. The van der Waals surface area contributed by atoms with Crippen molar-refractivity contribution < 1.29 is 23.8 Å². The molecule has 0 bridgehead atoms. The van der Waals surface area contributed by atoms with E-state index >= 15 is 0 Å². The van der Waals surface area contributed by atoms with Gasteiger partial charge in [0, 0.05) is 5.56 Å². The Hall–Kier alpha value is -2.76. The zero-order valence-electron chi connectivity index (χ0n) is 14.2. The van der Waals surface area contributed by atoms with Crippen molar-refractivity contribution in [2.75, 3.05) is 7.11 Å². The van der Waals surface area contributed by atoms with Gasteiger partial charge in [-0.25, -0.2) is 4.79 Å². The maximum atomic E-state index is 12.6. The van der Waals surface area contributed by atoms with Crippen LogP contribution in [-0.4, -0.2) is 24.1 Å². The fraction of sp³-hybridized carbons (Fsp3) is 0.333. The Morgan fingerprint density at radius 2 is 1.96 bits per heavy atom. The van der Waals surface area contributed by atoms with Crippen LogP contribution in [0, 0.1) is 6.92 Å². The quantitative estimate of drug-likeness (QED) is 0.849. The van der Waals surface area contributed by atoms with Crippen LogP contribution in [-0.2, 0) is 16.8 Å². The van der Waals surface area contributed by atoms with E-state index in [4.69, 9.17) is 14.3 Å². The molecular formula is C18H21NO5. The van der Waals surface area contributed by atoms with Crippen LogP contribution in [0.4, 0.5) is 0 Å². The number of ether oxygens (including phenoxy) is 1. The van der Waals surface area contributed by atoms with Crippen molar-refractivity contribution in [1.29, 1.82) is 0 Å². The molecule has 0 radical (unpaired) electrons. The first-order chi connectivity index (χ1) is 11.3. The Kier molecular flexibility index (Phi) is 4.97. The molecule has 0 saturated carbocycles. The van der Waals surface area contributed by atoms with Crippen LogP contribution < -0.4 is 10.1 Å². The molecule has 6 nitrogen and oxygen atoms in total. The summed E-state index contributed by atoms with van der Waals surface area (Å²) in [5.41, 5.74) is 0.0548. The van der Waals surface area contributed by atoms with Gasteiger partial charge in [-0.3, -0.25) is 4.79 Å². The number of carboxylic acids is 1. The summed E-state index contributed by atoms with van der Waals surface area (Å²) in [6, 6.07) is 8.77. The highest BCUT2D eigenvalue weighted by atomic mass is 16.5. The van der Waals surface area contributed by atoms with E-state index in [0.717, 1.165) is 5.56 Å². The van der Waals surface area contributed by atoms with Crippen LogP contribution in [0.25, 0.3) is 0 Å². The highest BCUT2D eigenvalue weighted by Crippen LogP contribution is 2.31. The molecule has 1 aromatic carbocycles. The Labute approximate surface area is 140 Å². The summed E-state index contributed by atoms with van der Waals surface area (Å²) in [7, 11) is 1.56. The first kappa shape index (κ1) is 17.6. The minimum atomic E-state index is -1.05. The van der Waals surface area contributed by atoms with E-state index in [1.807, 2.05) is 18.2 Å². The molecule has 0 spiro atoms. The number of furan rings is 1. The van der Waals surface area contributed by atoms with E-state index in [0.29, 0.717) is 17.3 Å². The van der Waals surface area contributed by atoms with Crippen molar-refractivity contribution in [3.05, 3.63) is 53.0 Å². The second-order valence-corrected chi connectivity index (χ2v) is 6.00. The number of methoxy groups -OCH3 is 1. The van der Waals surface area contributed by atoms with Crippen molar-refractivity contribution in [3.63, 3.8) is 0 Å². The lowest BCUT2D eigenvalue weighted by Crippen LogP contribution is -2.39. The molecule has 1 heterocycles.